The van der Waals surface area contributed by atoms with Crippen LogP contribution >= 0.6 is 0 Å². The van der Waals surface area contributed by atoms with Crippen molar-refractivity contribution in [3.8, 4) is 11.3 Å². The quantitative estimate of drug-likeness (QED) is 0.711. The second-order valence-corrected chi connectivity index (χ2v) is 6.57. The summed E-state index contributed by atoms with van der Waals surface area (Å²) in [6, 6.07) is 11.5. The van der Waals surface area contributed by atoms with Crippen LogP contribution in [0.2, 0.25) is 0 Å². The molecule has 0 unspecified atom stereocenters. The van der Waals surface area contributed by atoms with Crippen LogP contribution in [0, 0.1) is 0 Å². The van der Waals surface area contributed by atoms with E-state index in [0.717, 1.165) is 47.8 Å². The van der Waals surface area contributed by atoms with Gasteiger partial charge in [0.1, 0.15) is 11.6 Å². The Morgan fingerprint density at radius 2 is 2.12 bits per heavy atom. The molecule has 0 aliphatic carbocycles. The molecule has 0 bridgehead atoms. The fourth-order valence-corrected chi connectivity index (χ4v) is 3.10. The third-order valence-corrected chi connectivity index (χ3v) is 4.46. The summed E-state index contributed by atoms with van der Waals surface area (Å²) < 4.78 is 7.27. The fourth-order valence-electron chi connectivity index (χ4n) is 3.10. The van der Waals surface area contributed by atoms with Crippen LogP contribution in [0.5, 0.6) is 0 Å². The Bertz CT molecular complexity index is 968. The maximum atomic E-state index is 12.2. The molecule has 3 aromatic rings. The molecule has 3 heterocycles. The van der Waals surface area contributed by atoms with Gasteiger partial charge in [-0.15, -0.1) is 0 Å². The van der Waals surface area contributed by atoms with E-state index >= 15 is 0 Å². The highest BCUT2D eigenvalue weighted by molar-refractivity contribution is 5.95. The number of fused-ring (bicyclic) bond motifs is 1. The highest BCUT2D eigenvalue weighted by Gasteiger charge is 2.21. The molecule has 132 valence electrons. The van der Waals surface area contributed by atoms with Gasteiger partial charge in [0.05, 0.1) is 18.2 Å². The van der Waals surface area contributed by atoms with Crippen molar-refractivity contribution in [1.82, 2.24) is 14.6 Å². The minimum atomic E-state index is -0.0179. The monoisotopic (exact) mass is 348 g/mol. The van der Waals surface area contributed by atoms with Crippen LogP contribution in [0.1, 0.15) is 28.4 Å². The van der Waals surface area contributed by atoms with Crippen molar-refractivity contribution in [2.45, 2.75) is 19.3 Å². The van der Waals surface area contributed by atoms with Crippen molar-refractivity contribution in [1.29, 1.82) is 0 Å². The number of nitrogens with zero attached hydrogens (tertiary/aromatic N) is 4. The molecule has 1 aromatic carbocycles. The van der Waals surface area contributed by atoms with Crippen LogP contribution in [0.4, 0.5) is 0 Å². The average molecular weight is 348 g/mol. The Hall–Kier alpha value is -3.15. The van der Waals surface area contributed by atoms with E-state index in [1.807, 2.05) is 47.3 Å². The minimum Gasteiger partial charge on any atom is -0.469 e. The standard InChI is InChI=1S/C20H20N4O2/c1-23(2)20(25)15-6-3-5-14(11-15)18-13-21-19-12-16(22-24(18)19)8-9-17-7-4-10-26-17/h3-7,10-11,13H,8-9,12H2,1-2H3. The van der Waals surface area contributed by atoms with Crippen molar-refractivity contribution in [2.24, 2.45) is 5.10 Å². The molecule has 26 heavy (non-hydrogen) atoms. The van der Waals surface area contributed by atoms with Crippen molar-refractivity contribution < 1.29 is 9.21 Å². The number of aromatic nitrogens is 2. The van der Waals surface area contributed by atoms with E-state index in [9.17, 15) is 4.79 Å². The normalized spacial score (nSPS) is 12.8. The molecule has 6 heteroatoms. The first-order chi connectivity index (χ1) is 12.6. The van der Waals surface area contributed by atoms with Gasteiger partial charge in [-0.25, -0.2) is 9.66 Å². The van der Waals surface area contributed by atoms with Gasteiger partial charge in [-0.05, 0) is 30.7 Å². The molecule has 0 saturated carbocycles. The van der Waals surface area contributed by atoms with E-state index in [0.29, 0.717) is 5.56 Å². The first kappa shape index (κ1) is 16.3. The molecule has 1 aliphatic heterocycles. The number of carbonyl (C=O) groups is 1. The van der Waals surface area contributed by atoms with Gasteiger partial charge in [-0.1, -0.05) is 12.1 Å². The molecule has 0 fully saturated rings. The lowest BCUT2D eigenvalue weighted by Crippen LogP contribution is -2.21. The third kappa shape index (κ3) is 3.06. The lowest BCUT2D eigenvalue weighted by atomic mass is 10.1. The van der Waals surface area contributed by atoms with Crippen LogP contribution in [0.25, 0.3) is 11.3 Å². The van der Waals surface area contributed by atoms with Crippen LogP contribution in [-0.2, 0) is 12.8 Å². The van der Waals surface area contributed by atoms with E-state index < -0.39 is 0 Å². The van der Waals surface area contributed by atoms with Gasteiger partial charge in [0.15, 0.2) is 0 Å². The highest BCUT2D eigenvalue weighted by atomic mass is 16.3. The minimum absolute atomic E-state index is 0.0179. The van der Waals surface area contributed by atoms with E-state index in [4.69, 9.17) is 9.52 Å². The average Bonchev–Trinajstić information content (AvgIpc) is 3.36. The van der Waals surface area contributed by atoms with E-state index in [1.54, 1.807) is 25.3 Å². The lowest BCUT2D eigenvalue weighted by molar-refractivity contribution is 0.0827. The number of imidazole rings is 1. The number of benzene rings is 1. The zero-order chi connectivity index (χ0) is 18.1. The fraction of sp³-hybridized carbons (Fsp3) is 0.250. The van der Waals surface area contributed by atoms with Gasteiger partial charge < -0.3 is 9.32 Å². The van der Waals surface area contributed by atoms with Gasteiger partial charge in [-0.2, -0.15) is 5.10 Å². The van der Waals surface area contributed by atoms with Crippen LogP contribution in [-0.4, -0.2) is 40.3 Å². The van der Waals surface area contributed by atoms with Crippen molar-refractivity contribution in [3.05, 3.63) is 66.0 Å². The largest absolute Gasteiger partial charge is 0.469 e. The highest BCUT2D eigenvalue weighted by Crippen LogP contribution is 2.26. The number of carbonyl (C=O) groups excluding carboxylic acids is 1. The summed E-state index contributed by atoms with van der Waals surface area (Å²) in [7, 11) is 3.50. The molecule has 2 aromatic heterocycles. The van der Waals surface area contributed by atoms with Gasteiger partial charge >= 0.3 is 0 Å². The third-order valence-electron chi connectivity index (χ3n) is 4.46. The van der Waals surface area contributed by atoms with Crippen LogP contribution in [0.3, 0.4) is 0 Å². The Morgan fingerprint density at radius 3 is 2.88 bits per heavy atom. The summed E-state index contributed by atoms with van der Waals surface area (Å²) in [5.41, 5.74) is 3.59. The van der Waals surface area contributed by atoms with Crippen LogP contribution < -0.4 is 0 Å². The molecular weight excluding hydrogens is 328 g/mol. The summed E-state index contributed by atoms with van der Waals surface area (Å²) in [5.74, 6) is 1.88. The summed E-state index contributed by atoms with van der Waals surface area (Å²) >= 11 is 0. The first-order valence-corrected chi connectivity index (χ1v) is 8.59. The lowest BCUT2D eigenvalue weighted by Gasteiger charge is -2.11. The van der Waals surface area contributed by atoms with E-state index in [2.05, 4.69) is 4.98 Å². The summed E-state index contributed by atoms with van der Waals surface area (Å²) in [6.07, 6.45) is 5.93. The zero-order valence-electron chi connectivity index (χ0n) is 14.8. The van der Waals surface area contributed by atoms with Crippen molar-refractivity contribution in [3.63, 3.8) is 0 Å². The van der Waals surface area contributed by atoms with E-state index in [1.165, 1.54) is 0 Å². The second kappa shape index (κ2) is 6.63. The van der Waals surface area contributed by atoms with Crippen molar-refractivity contribution in [2.75, 3.05) is 14.1 Å². The van der Waals surface area contributed by atoms with Gasteiger partial charge in [-0.3, -0.25) is 4.79 Å². The smallest absolute Gasteiger partial charge is 0.253 e. The summed E-state index contributed by atoms with van der Waals surface area (Å²) in [6.45, 7) is 0. The maximum Gasteiger partial charge on any atom is 0.253 e. The Balaban J connectivity index is 1.58. The maximum absolute atomic E-state index is 12.2. The number of hydrogen-bond acceptors (Lipinski definition) is 4. The van der Waals surface area contributed by atoms with Gasteiger partial charge in [0, 0.05) is 43.8 Å². The molecular formula is C20H20N4O2. The first-order valence-electron chi connectivity index (χ1n) is 8.59. The van der Waals surface area contributed by atoms with Gasteiger partial charge in [0.2, 0.25) is 0 Å². The number of hydrogen-bond donors (Lipinski definition) is 0. The number of aryl methyl sites for hydroxylation is 1. The zero-order valence-corrected chi connectivity index (χ0v) is 14.8. The molecule has 6 nitrogen and oxygen atoms in total. The second-order valence-electron chi connectivity index (χ2n) is 6.57. The predicted molar refractivity (Wildman–Crippen MR) is 99.2 cm³/mol. The van der Waals surface area contributed by atoms with Crippen LogP contribution in [0.15, 0.2) is 58.4 Å². The molecule has 1 aliphatic rings. The van der Waals surface area contributed by atoms with Crippen molar-refractivity contribution >= 4 is 11.6 Å². The van der Waals surface area contributed by atoms with E-state index in [-0.39, 0.29) is 5.91 Å². The summed E-state index contributed by atoms with van der Waals surface area (Å²) in [4.78, 5) is 18.3. The molecule has 0 saturated heterocycles. The number of amides is 1. The molecule has 4 rings (SSSR count). The number of rotatable bonds is 5. The molecule has 0 radical (unpaired) electrons. The topological polar surface area (TPSA) is 63.6 Å². The predicted octanol–water partition coefficient (Wildman–Crippen LogP) is 3.24. The molecule has 1 amide bonds. The Labute approximate surface area is 151 Å². The molecule has 0 N–H and O–H groups in total. The number of furan rings is 1. The SMILES string of the molecule is CN(C)C(=O)c1cccc(-c2cnc3n2N=C(CCc2ccco2)C3)c1. The Kier molecular flexibility index (Phi) is 4.16. The molecule has 0 spiro atoms. The van der Waals surface area contributed by atoms with Gasteiger partial charge in [0.25, 0.3) is 5.91 Å². The summed E-state index contributed by atoms with van der Waals surface area (Å²) in [5, 5.41) is 4.73. The molecule has 0 atom stereocenters. The Morgan fingerprint density at radius 1 is 1.23 bits per heavy atom.